The van der Waals surface area contributed by atoms with E-state index in [-0.39, 0.29) is 5.41 Å². The Hall–Kier alpha value is -1.89. The Balaban J connectivity index is 1.90. The monoisotopic (exact) mass is 233 g/mol. The second-order valence-corrected chi connectivity index (χ2v) is 5.25. The predicted molar refractivity (Wildman–Crippen MR) is 72.2 cm³/mol. The second-order valence-electron chi connectivity index (χ2n) is 5.25. The molecule has 0 N–H and O–H groups in total. The molecule has 2 aliphatic carbocycles. The van der Waals surface area contributed by atoms with Crippen molar-refractivity contribution in [3.05, 3.63) is 78.1 Å². The highest BCUT2D eigenvalue weighted by Gasteiger charge is 2.66. The predicted octanol–water partition coefficient (Wildman–Crippen LogP) is 3.57. The lowest BCUT2D eigenvalue weighted by molar-refractivity contribution is 0.676. The first kappa shape index (κ1) is 10.1. The zero-order valence-electron chi connectivity index (χ0n) is 10.2. The third-order valence-electron chi connectivity index (χ3n) is 4.51. The zero-order valence-corrected chi connectivity index (χ0v) is 10.2. The highest BCUT2D eigenvalue weighted by atomic mass is 14.8. The van der Waals surface area contributed by atoms with E-state index in [0.717, 1.165) is 5.92 Å². The maximum absolute atomic E-state index is 4.64. The summed E-state index contributed by atoms with van der Waals surface area (Å²) in [6.07, 6.45) is 7.81. The maximum Gasteiger partial charge on any atom is 0.0518 e. The largest absolute Gasteiger partial charge is 0.260 e. The topological polar surface area (TPSA) is 12.9 Å². The van der Waals surface area contributed by atoms with Gasteiger partial charge < -0.3 is 0 Å². The molecule has 18 heavy (non-hydrogen) atoms. The van der Waals surface area contributed by atoms with Crippen LogP contribution in [0.4, 0.5) is 0 Å². The highest BCUT2D eigenvalue weighted by molar-refractivity contribution is 5.51. The molecular formula is C17H15N. The van der Waals surface area contributed by atoms with Gasteiger partial charge in [-0.05, 0) is 36.0 Å². The summed E-state index contributed by atoms with van der Waals surface area (Å²) < 4.78 is 0. The summed E-state index contributed by atoms with van der Waals surface area (Å²) in [6, 6.07) is 17.1. The van der Waals surface area contributed by atoms with Crippen molar-refractivity contribution < 1.29 is 0 Å². The SMILES string of the molecule is C1=C[C@@H]2[C@H](C1)[C@@]2(c1ccccc1)c1ccccn1. The van der Waals surface area contributed by atoms with Crippen molar-refractivity contribution in [3.63, 3.8) is 0 Å². The number of aromatic nitrogens is 1. The molecule has 0 saturated heterocycles. The maximum atomic E-state index is 4.64. The van der Waals surface area contributed by atoms with Crippen molar-refractivity contribution in [3.8, 4) is 0 Å². The number of benzene rings is 1. The van der Waals surface area contributed by atoms with Gasteiger partial charge in [-0.15, -0.1) is 0 Å². The zero-order chi connectivity index (χ0) is 12.0. The van der Waals surface area contributed by atoms with Crippen LogP contribution in [0.25, 0.3) is 0 Å². The molecule has 0 radical (unpaired) electrons. The molecular weight excluding hydrogens is 218 g/mol. The standard InChI is InChI=1S/C17H15N/c1-2-7-13(8-3-1)17(14-9-6-10-15(14)17)16-11-4-5-12-18-16/h1-9,11-12,14-15H,10H2/t14-,15+,17+/m1/s1. The molecule has 0 amide bonds. The molecule has 1 aromatic heterocycles. The fourth-order valence-corrected chi connectivity index (χ4v) is 3.72. The van der Waals surface area contributed by atoms with Gasteiger partial charge in [0.15, 0.2) is 0 Å². The van der Waals surface area contributed by atoms with Crippen molar-refractivity contribution in [2.45, 2.75) is 11.8 Å². The van der Waals surface area contributed by atoms with Crippen molar-refractivity contribution in [2.75, 3.05) is 0 Å². The summed E-state index contributed by atoms with van der Waals surface area (Å²) in [5.74, 6) is 1.37. The molecule has 0 unspecified atom stereocenters. The minimum atomic E-state index is 0.150. The van der Waals surface area contributed by atoms with E-state index < -0.39 is 0 Å². The van der Waals surface area contributed by atoms with E-state index in [1.54, 1.807) is 0 Å². The van der Waals surface area contributed by atoms with E-state index in [1.165, 1.54) is 17.7 Å². The van der Waals surface area contributed by atoms with Gasteiger partial charge in [0.05, 0.1) is 5.69 Å². The van der Waals surface area contributed by atoms with Gasteiger partial charge in [-0.3, -0.25) is 4.98 Å². The molecule has 1 aromatic carbocycles. The van der Waals surface area contributed by atoms with Crippen LogP contribution in [-0.2, 0) is 5.41 Å². The van der Waals surface area contributed by atoms with Gasteiger partial charge in [0.1, 0.15) is 0 Å². The number of pyridine rings is 1. The number of rotatable bonds is 2. The molecule has 0 spiro atoms. The molecule has 1 nitrogen and oxygen atoms in total. The molecule has 0 aliphatic heterocycles. The first-order valence-electron chi connectivity index (χ1n) is 6.58. The van der Waals surface area contributed by atoms with Crippen molar-refractivity contribution in [1.82, 2.24) is 4.98 Å². The second kappa shape index (κ2) is 3.55. The van der Waals surface area contributed by atoms with Crippen molar-refractivity contribution in [1.29, 1.82) is 0 Å². The van der Waals surface area contributed by atoms with Crippen LogP contribution in [0.15, 0.2) is 66.9 Å². The van der Waals surface area contributed by atoms with Crippen LogP contribution in [0, 0.1) is 11.8 Å². The minimum Gasteiger partial charge on any atom is -0.260 e. The number of hydrogen-bond acceptors (Lipinski definition) is 1. The van der Waals surface area contributed by atoms with Gasteiger partial charge in [0.25, 0.3) is 0 Å². The Morgan fingerprint density at radius 3 is 2.50 bits per heavy atom. The highest BCUT2D eigenvalue weighted by Crippen LogP contribution is 2.67. The molecule has 1 fully saturated rings. The number of allylic oxidation sites excluding steroid dienone is 2. The fourth-order valence-electron chi connectivity index (χ4n) is 3.72. The molecule has 2 aromatic rings. The van der Waals surface area contributed by atoms with E-state index in [0.29, 0.717) is 5.92 Å². The lowest BCUT2D eigenvalue weighted by atomic mass is 9.86. The summed E-state index contributed by atoms with van der Waals surface area (Å²) in [5, 5.41) is 0. The lowest BCUT2D eigenvalue weighted by Crippen LogP contribution is -2.16. The van der Waals surface area contributed by atoms with Crippen LogP contribution >= 0.6 is 0 Å². The number of hydrogen-bond donors (Lipinski definition) is 0. The summed E-state index contributed by atoms with van der Waals surface area (Å²) in [5.41, 5.74) is 2.80. The Morgan fingerprint density at radius 2 is 1.83 bits per heavy atom. The van der Waals surface area contributed by atoms with Gasteiger partial charge in [-0.1, -0.05) is 48.6 Å². The average molecular weight is 233 g/mol. The van der Waals surface area contributed by atoms with E-state index in [2.05, 4.69) is 59.6 Å². The van der Waals surface area contributed by atoms with E-state index in [4.69, 9.17) is 0 Å². The normalized spacial score (nSPS) is 32.2. The van der Waals surface area contributed by atoms with Gasteiger partial charge in [0.2, 0.25) is 0 Å². The van der Waals surface area contributed by atoms with Crippen LogP contribution in [0.1, 0.15) is 17.7 Å². The minimum absolute atomic E-state index is 0.150. The van der Waals surface area contributed by atoms with Gasteiger partial charge in [-0.25, -0.2) is 0 Å². The van der Waals surface area contributed by atoms with Crippen molar-refractivity contribution >= 4 is 0 Å². The van der Waals surface area contributed by atoms with E-state index >= 15 is 0 Å². The van der Waals surface area contributed by atoms with Crippen LogP contribution in [0.3, 0.4) is 0 Å². The molecule has 1 heterocycles. The van der Waals surface area contributed by atoms with E-state index in [9.17, 15) is 0 Å². The fraction of sp³-hybridized carbons (Fsp3) is 0.235. The molecule has 0 bridgehead atoms. The first-order chi connectivity index (χ1) is 8.94. The smallest absolute Gasteiger partial charge is 0.0518 e. The molecule has 2 aliphatic rings. The average Bonchev–Trinajstić information content (AvgIpc) is 2.82. The van der Waals surface area contributed by atoms with Crippen LogP contribution in [-0.4, -0.2) is 4.98 Å². The molecule has 1 heteroatoms. The van der Waals surface area contributed by atoms with Gasteiger partial charge in [0, 0.05) is 11.6 Å². The Morgan fingerprint density at radius 1 is 1.00 bits per heavy atom. The van der Waals surface area contributed by atoms with Crippen molar-refractivity contribution in [2.24, 2.45) is 11.8 Å². The number of fused-ring (bicyclic) bond motifs is 1. The summed E-state index contributed by atoms with van der Waals surface area (Å²) >= 11 is 0. The van der Waals surface area contributed by atoms with Crippen LogP contribution < -0.4 is 0 Å². The summed E-state index contributed by atoms with van der Waals surface area (Å²) in [7, 11) is 0. The third-order valence-corrected chi connectivity index (χ3v) is 4.51. The molecule has 3 atom stereocenters. The molecule has 1 saturated carbocycles. The van der Waals surface area contributed by atoms with Crippen LogP contribution in [0.2, 0.25) is 0 Å². The Kier molecular flexibility index (Phi) is 1.99. The molecule has 4 rings (SSSR count). The lowest BCUT2D eigenvalue weighted by Gasteiger charge is -2.19. The van der Waals surface area contributed by atoms with Crippen LogP contribution in [0.5, 0.6) is 0 Å². The Bertz CT molecular complexity index is 546. The first-order valence-corrected chi connectivity index (χ1v) is 6.58. The third kappa shape index (κ3) is 1.14. The van der Waals surface area contributed by atoms with Gasteiger partial charge in [-0.2, -0.15) is 0 Å². The van der Waals surface area contributed by atoms with E-state index in [1.807, 2.05) is 12.3 Å². The Labute approximate surface area is 107 Å². The number of nitrogens with zero attached hydrogens (tertiary/aromatic N) is 1. The quantitative estimate of drug-likeness (QED) is 0.722. The summed E-state index contributed by atoms with van der Waals surface area (Å²) in [4.78, 5) is 4.64. The summed E-state index contributed by atoms with van der Waals surface area (Å²) in [6.45, 7) is 0. The molecule has 88 valence electrons. The van der Waals surface area contributed by atoms with Gasteiger partial charge >= 0.3 is 0 Å².